The fourth-order valence-corrected chi connectivity index (χ4v) is 5.23. The molecule has 0 spiro atoms. The summed E-state index contributed by atoms with van der Waals surface area (Å²) in [5, 5.41) is 2.18. The summed E-state index contributed by atoms with van der Waals surface area (Å²) in [4.78, 5) is 1.49. The fourth-order valence-electron chi connectivity index (χ4n) is 3.25. The Bertz CT molecular complexity index is 380. The highest BCUT2D eigenvalue weighted by molar-refractivity contribution is 9.10. The third kappa shape index (κ3) is 4.47. The van der Waals surface area contributed by atoms with E-state index < -0.39 is 0 Å². The minimum absolute atomic E-state index is 0.370. The average molecular weight is 364 g/mol. The van der Waals surface area contributed by atoms with Gasteiger partial charge in [-0.2, -0.15) is 0 Å². The van der Waals surface area contributed by atoms with Gasteiger partial charge in [0.05, 0.1) is 0 Å². The zero-order valence-electron chi connectivity index (χ0n) is 11.8. The molecule has 1 aromatic heterocycles. The zero-order chi connectivity index (χ0) is 13.7. The summed E-state index contributed by atoms with van der Waals surface area (Å²) in [6.45, 7) is 2.29. The van der Waals surface area contributed by atoms with E-state index in [1.807, 2.05) is 11.3 Å². The van der Waals surface area contributed by atoms with Gasteiger partial charge in [-0.3, -0.25) is 0 Å². The van der Waals surface area contributed by atoms with E-state index in [1.54, 1.807) is 0 Å². The fraction of sp³-hybridized carbons (Fsp3) is 0.750. The predicted molar refractivity (Wildman–Crippen MR) is 90.4 cm³/mol. The van der Waals surface area contributed by atoms with Crippen LogP contribution < -0.4 is 0 Å². The molecule has 3 heteroatoms. The van der Waals surface area contributed by atoms with Crippen LogP contribution >= 0.6 is 38.9 Å². The highest BCUT2D eigenvalue weighted by atomic mass is 79.9. The number of rotatable bonds is 6. The lowest BCUT2D eigenvalue weighted by Gasteiger charge is -2.39. The Morgan fingerprint density at radius 3 is 2.68 bits per heavy atom. The van der Waals surface area contributed by atoms with Crippen molar-refractivity contribution < 1.29 is 0 Å². The van der Waals surface area contributed by atoms with Gasteiger partial charge in [0.15, 0.2) is 0 Å². The molecule has 0 atom stereocenters. The maximum atomic E-state index is 6.34. The van der Waals surface area contributed by atoms with Gasteiger partial charge in [-0.1, -0.05) is 26.2 Å². The Morgan fingerprint density at radius 2 is 2.16 bits per heavy atom. The van der Waals surface area contributed by atoms with Crippen molar-refractivity contribution in [3.8, 4) is 0 Å². The third-order valence-electron chi connectivity index (χ3n) is 4.59. The molecular weight excluding hydrogens is 340 g/mol. The lowest BCUT2D eigenvalue weighted by Crippen LogP contribution is -2.31. The first-order chi connectivity index (χ1) is 9.17. The summed E-state index contributed by atoms with van der Waals surface area (Å²) in [5.41, 5.74) is 0.370. The zero-order valence-corrected chi connectivity index (χ0v) is 14.9. The topological polar surface area (TPSA) is 0 Å². The van der Waals surface area contributed by atoms with Gasteiger partial charge in [-0.25, -0.2) is 0 Å². The van der Waals surface area contributed by atoms with Crippen LogP contribution in [-0.4, -0.2) is 5.88 Å². The van der Waals surface area contributed by atoms with Crippen molar-refractivity contribution in [2.75, 3.05) is 5.88 Å². The number of unbranched alkanes of at least 4 members (excludes halogenated alkanes) is 1. The molecule has 0 amide bonds. The lowest BCUT2D eigenvalue weighted by molar-refractivity contribution is 0.167. The first kappa shape index (κ1) is 15.9. The lowest BCUT2D eigenvalue weighted by atomic mass is 9.68. The molecule has 0 nitrogen and oxygen atoms in total. The van der Waals surface area contributed by atoms with Gasteiger partial charge in [-0.15, -0.1) is 22.9 Å². The predicted octanol–water partition coefficient (Wildman–Crippen LogP) is 6.66. The van der Waals surface area contributed by atoms with Crippen LogP contribution in [0.4, 0.5) is 0 Å². The Hall–Kier alpha value is 0.470. The number of halogens is 2. The summed E-state index contributed by atoms with van der Waals surface area (Å²) < 4.78 is 1.22. The SMILES string of the molecule is CCCCC1CCC(CCl)(Cc2cc(Br)cs2)CC1. The van der Waals surface area contributed by atoms with E-state index >= 15 is 0 Å². The molecule has 1 aliphatic carbocycles. The summed E-state index contributed by atoms with van der Waals surface area (Å²) in [5.74, 6) is 1.79. The molecule has 0 saturated heterocycles. The Labute approximate surface area is 135 Å². The van der Waals surface area contributed by atoms with E-state index in [1.165, 1.54) is 60.7 Å². The van der Waals surface area contributed by atoms with Gasteiger partial charge in [0.1, 0.15) is 0 Å². The molecule has 108 valence electrons. The third-order valence-corrected chi connectivity index (χ3v) is 6.85. The van der Waals surface area contributed by atoms with Crippen LogP contribution in [0.15, 0.2) is 15.9 Å². The molecular formula is C16H24BrClS. The van der Waals surface area contributed by atoms with Gasteiger partial charge in [0, 0.05) is 20.6 Å². The summed E-state index contributed by atoms with van der Waals surface area (Å²) in [6.07, 6.45) is 10.8. The van der Waals surface area contributed by atoms with Crippen LogP contribution in [0.1, 0.15) is 56.7 Å². The van der Waals surface area contributed by atoms with Crippen LogP contribution in [0.2, 0.25) is 0 Å². The number of hydrogen-bond donors (Lipinski definition) is 0. The Kier molecular flexibility index (Phi) is 6.23. The highest BCUT2D eigenvalue weighted by Crippen LogP contribution is 2.44. The van der Waals surface area contributed by atoms with E-state index in [2.05, 4.69) is 34.3 Å². The van der Waals surface area contributed by atoms with Crippen molar-refractivity contribution in [1.29, 1.82) is 0 Å². The maximum absolute atomic E-state index is 6.34. The van der Waals surface area contributed by atoms with E-state index in [-0.39, 0.29) is 0 Å². The van der Waals surface area contributed by atoms with E-state index in [9.17, 15) is 0 Å². The van der Waals surface area contributed by atoms with Crippen molar-refractivity contribution in [2.24, 2.45) is 11.3 Å². The molecule has 0 unspecified atom stereocenters. The largest absolute Gasteiger partial charge is 0.148 e. The van der Waals surface area contributed by atoms with Crippen molar-refractivity contribution in [2.45, 2.75) is 58.3 Å². The van der Waals surface area contributed by atoms with Crippen LogP contribution in [-0.2, 0) is 6.42 Å². The van der Waals surface area contributed by atoms with Crippen LogP contribution in [0.5, 0.6) is 0 Å². The van der Waals surface area contributed by atoms with Gasteiger partial charge >= 0.3 is 0 Å². The minimum atomic E-state index is 0.370. The van der Waals surface area contributed by atoms with Crippen LogP contribution in [0.3, 0.4) is 0 Å². The molecule has 1 fully saturated rings. The second kappa shape index (κ2) is 7.47. The van der Waals surface area contributed by atoms with Crippen molar-refractivity contribution in [1.82, 2.24) is 0 Å². The molecule has 1 aromatic rings. The average Bonchev–Trinajstić information content (AvgIpc) is 2.83. The van der Waals surface area contributed by atoms with Crippen molar-refractivity contribution in [3.05, 3.63) is 20.8 Å². The van der Waals surface area contributed by atoms with Crippen molar-refractivity contribution >= 4 is 38.9 Å². The van der Waals surface area contributed by atoms with Crippen molar-refractivity contribution in [3.63, 3.8) is 0 Å². The standard InChI is InChI=1S/C16H24BrClS/c1-2-3-4-13-5-7-16(12-18,8-6-13)10-15-9-14(17)11-19-15/h9,11,13H,2-8,10,12H2,1H3. The van der Waals surface area contributed by atoms with Crippen LogP contribution in [0, 0.1) is 11.3 Å². The minimum Gasteiger partial charge on any atom is -0.148 e. The number of alkyl halides is 1. The summed E-state index contributed by atoms with van der Waals surface area (Å²) in [6, 6.07) is 2.27. The molecule has 2 rings (SSSR count). The molecule has 0 aliphatic heterocycles. The number of thiophene rings is 1. The summed E-state index contributed by atoms with van der Waals surface area (Å²) in [7, 11) is 0. The van der Waals surface area contributed by atoms with Gasteiger partial charge in [-0.05, 0) is 65.4 Å². The Balaban J connectivity index is 1.90. The molecule has 0 radical (unpaired) electrons. The molecule has 1 aliphatic rings. The molecule has 1 saturated carbocycles. The molecule has 19 heavy (non-hydrogen) atoms. The second-order valence-electron chi connectivity index (χ2n) is 6.13. The highest BCUT2D eigenvalue weighted by Gasteiger charge is 2.34. The van der Waals surface area contributed by atoms with E-state index in [0.29, 0.717) is 5.41 Å². The van der Waals surface area contributed by atoms with Crippen LogP contribution in [0.25, 0.3) is 0 Å². The normalized spacial score (nSPS) is 27.6. The number of hydrogen-bond acceptors (Lipinski definition) is 1. The van der Waals surface area contributed by atoms with Gasteiger partial charge in [0.2, 0.25) is 0 Å². The maximum Gasteiger partial charge on any atom is 0.0285 e. The monoisotopic (exact) mass is 362 g/mol. The first-order valence-electron chi connectivity index (χ1n) is 7.46. The summed E-state index contributed by atoms with van der Waals surface area (Å²) >= 11 is 11.8. The van der Waals surface area contributed by atoms with Gasteiger partial charge in [0.25, 0.3) is 0 Å². The smallest absolute Gasteiger partial charge is 0.0285 e. The van der Waals surface area contributed by atoms with E-state index in [0.717, 1.165) is 11.8 Å². The quantitative estimate of drug-likeness (QED) is 0.496. The van der Waals surface area contributed by atoms with Gasteiger partial charge < -0.3 is 0 Å². The molecule has 1 heterocycles. The first-order valence-corrected chi connectivity index (χ1v) is 9.67. The van der Waals surface area contributed by atoms with E-state index in [4.69, 9.17) is 11.6 Å². The molecule has 0 bridgehead atoms. The molecule has 0 N–H and O–H groups in total. The second-order valence-corrected chi connectivity index (χ2v) is 8.31. The Morgan fingerprint density at radius 1 is 1.42 bits per heavy atom. The molecule has 0 aromatic carbocycles.